The number of halogens is 1. The van der Waals surface area contributed by atoms with Gasteiger partial charge >= 0.3 is 0 Å². The molecule has 2 aliphatic rings. The zero-order valence-electron chi connectivity index (χ0n) is 32.1. The van der Waals surface area contributed by atoms with Gasteiger partial charge in [-0.2, -0.15) is 0 Å². The Morgan fingerprint density at radius 3 is 2.42 bits per heavy atom. The molecule has 1 spiro atoms. The number of benzene rings is 2. The summed E-state index contributed by atoms with van der Waals surface area (Å²) in [6, 6.07) is 13.7. The third-order valence-electron chi connectivity index (χ3n) is 10.0. The summed E-state index contributed by atoms with van der Waals surface area (Å²) in [7, 11) is -5.74. The Kier molecular flexibility index (Phi) is 12.5. The maximum Gasteiger partial charge on any atom is 0.268 e. The number of aromatic nitrogens is 1. The number of hydrogen-bond donors (Lipinski definition) is 0. The second-order valence-corrected chi connectivity index (χ2v) is 23.5. The molecule has 3 aromatic rings. The van der Waals surface area contributed by atoms with Gasteiger partial charge in [-0.3, -0.25) is 14.7 Å². The fraction of sp³-hybridized carbons (Fsp3) is 0.564. The van der Waals surface area contributed by atoms with E-state index in [0.29, 0.717) is 36.6 Å². The molecule has 0 saturated heterocycles. The van der Waals surface area contributed by atoms with Gasteiger partial charge in [-0.15, -0.1) is 0 Å². The number of carbonyl (C=O) groups excluding carboxylic acids is 1. The molecule has 10 nitrogen and oxygen atoms in total. The maximum absolute atomic E-state index is 14.8. The predicted molar refractivity (Wildman–Crippen MR) is 210 cm³/mol. The zero-order valence-corrected chi connectivity index (χ0v) is 34.6. The van der Waals surface area contributed by atoms with Crippen LogP contribution in [0.5, 0.6) is 0 Å². The molecule has 1 aromatic heterocycles. The van der Waals surface area contributed by atoms with Crippen LogP contribution in [0.4, 0.5) is 5.82 Å². The summed E-state index contributed by atoms with van der Waals surface area (Å²) in [5.74, 6) is 1.25. The Hall–Kier alpha value is -3.03. The minimum atomic E-state index is -4.29. The molecule has 2 aromatic carbocycles. The molecule has 2 heterocycles. The summed E-state index contributed by atoms with van der Waals surface area (Å²) < 4.78 is 48.2. The monoisotopic (exact) mass is 770 g/mol. The van der Waals surface area contributed by atoms with Crippen molar-refractivity contribution in [3.8, 4) is 11.1 Å². The van der Waals surface area contributed by atoms with E-state index in [0.717, 1.165) is 72.3 Å². The molecular weight excluding hydrogens is 716 g/mol. The first-order valence-corrected chi connectivity index (χ1v) is 24.1. The molecule has 5 rings (SSSR count). The van der Waals surface area contributed by atoms with Crippen molar-refractivity contribution >= 4 is 47.3 Å². The third kappa shape index (κ3) is 8.51. The Morgan fingerprint density at radius 2 is 1.79 bits per heavy atom. The van der Waals surface area contributed by atoms with Crippen LogP contribution in [-0.2, 0) is 36.4 Å². The van der Waals surface area contributed by atoms with Gasteiger partial charge in [0, 0.05) is 33.3 Å². The largest absolute Gasteiger partial charge is 0.371 e. The van der Waals surface area contributed by atoms with Gasteiger partial charge in [-0.25, -0.2) is 12.7 Å². The number of aryl methyl sites for hydroxylation is 1. The highest BCUT2D eigenvalue weighted by molar-refractivity contribution is 7.93. The van der Waals surface area contributed by atoms with Gasteiger partial charge in [0.1, 0.15) is 23.1 Å². The fourth-order valence-corrected chi connectivity index (χ4v) is 9.54. The molecule has 1 amide bonds. The lowest BCUT2D eigenvalue weighted by molar-refractivity contribution is -0.131. The van der Waals surface area contributed by atoms with Crippen molar-refractivity contribution in [2.24, 2.45) is 4.99 Å². The van der Waals surface area contributed by atoms with Crippen LogP contribution in [0.1, 0.15) is 89.5 Å². The van der Waals surface area contributed by atoms with Crippen molar-refractivity contribution in [2.45, 2.75) is 128 Å². The number of unbranched alkanes of at least 4 members (excludes halogenated alkanes) is 1. The summed E-state index contributed by atoms with van der Waals surface area (Å²) in [6.45, 7) is 17.3. The lowest BCUT2D eigenvalue weighted by Crippen LogP contribution is -2.40. The molecule has 1 saturated carbocycles. The van der Waals surface area contributed by atoms with E-state index >= 15 is 0 Å². The van der Waals surface area contributed by atoms with Gasteiger partial charge in [0.15, 0.2) is 5.76 Å². The first-order chi connectivity index (χ1) is 24.5. The Labute approximate surface area is 316 Å². The van der Waals surface area contributed by atoms with Crippen LogP contribution in [0.3, 0.4) is 0 Å². The number of carbonyl (C=O) groups is 1. The van der Waals surface area contributed by atoms with E-state index in [9.17, 15) is 13.2 Å². The van der Waals surface area contributed by atoms with E-state index in [1.807, 2.05) is 49.9 Å². The Balaban J connectivity index is 1.57. The summed E-state index contributed by atoms with van der Waals surface area (Å²) >= 11 is 6.57. The molecule has 0 N–H and O–H groups in total. The number of amides is 1. The number of ether oxygens (including phenoxy) is 2. The van der Waals surface area contributed by atoms with Gasteiger partial charge in [0.2, 0.25) is 5.82 Å². The van der Waals surface area contributed by atoms with Gasteiger partial charge in [-0.1, -0.05) is 99.0 Å². The van der Waals surface area contributed by atoms with E-state index in [4.69, 9.17) is 30.6 Å². The molecule has 0 radical (unpaired) electrons. The van der Waals surface area contributed by atoms with E-state index in [-0.39, 0.29) is 28.4 Å². The summed E-state index contributed by atoms with van der Waals surface area (Å²) in [5, 5.41) is 4.15. The van der Waals surface area contributed by atoms with Crippen LogP contribution in [-0.4, -0.2) is 63.8 Å². The quantitative estimate of drug-likeness (QED) is 0.0764. The minimum absolute atomic E-state index is 0.0250. The topological polar surface area (TPSA) is 115 Å². The number of amidine groups is 1. The predicted octanol–water partition coefficient (Wildman–Crippen LogP) is 9.33. The van der Waals surface area contributed by atoms with E-state index < -0.39 is 29.2 Å². The van der Waals surface area contributed by atoms with E-state index in [1.165, 1.54) is 0 Å². The van der Waals surface area contributed by atoms with Gasteiger partial charge in [0.05, 0.1) is 17.0 Å². The number of hydrogen-bond acceptors (Lipinski definition) is 8. The number of sulfonamides is 1. The van der Waals surface area contributed by atoms with Gasteiger partial charge < -0.3 is 14.0 Å². The van der Waals surface area contributed by atoms with Crippen molar-refractivity contribution < 1.29 is 27.2 Å². The normalized spacial score (nSPS) is 16.3. The van der Waals surface area contributed by atoms with Crippen LogP contribution in [0.2, 0.25) is 30.7 Å². The molecule has 1 fully saturated rings. The highest BCUT2D eigenvalue weighted by Gasteiger charge is 2.49. The average Bonchev–Trinajstić information content (AvgIpc) is 3.77. The second kappa shape index (κ2) is 16.1. The van der Waals surface area contributed by atoms with Crippen molar-refractivity contribution in [2.75, 3.05) is 24.2 Å². The highest BCUT2D eigenvalue weighted by atomic mass is 35.5. The van der Waals surface area contributed by atoms with Crippen molar-refractivity contribution in [1.82, 2.24) is 10.1 Å². The highest BCUT2D eigenvalue weighted by Crippen LogP contribution is 2.42. The first-order valence-electron chi connectivity index (χ1n) is 18.5. The standard InChI is InChI=1S/C39H55ClN4O6SSi/c1-9-11-18-34-41-39(21-14-15-22-39)37(45)43(34)26-29-19-20-30(32(25-29)38(4,5)49-10-2)31-16-12-13-17-33(31)51(46,47)44(27-48-23-24-52(6,7)8)36-35(40)28(3)50-42-36/h12-13,16-17,19-20,25H,9-11,14-15,18,21-24,26-27H2,1-8H3. The van der Waals surface area contributed by atoms with Crippen LogP contribution in [0.25, 0.3) is 11.1 Å². The van der Waals surface area contributed by atoms with Crippen LogP contribution >= 0.6 is 11.6 Å². The molecule has 1 aliphatic heterocycles. The third-order valence-corrected chi connectivity index (χ3v) is 13.9. The van der Waals surface area contributed by atoms with Crippen molar-refractivity contribution in [3.05, 3.63) is 64.4 Å². The van der Waals surface area contributed by atoms with Crippen LogP contribution < -0.4 is 4.31 Å². The first kappa shape index (κ1) is 40.2. The van der Waals surface area contributed by atoms with Gasteiger partial charge in [0.25, 0.3) is 15.9 Å². The molecular formula is C39H55ClN4O6SSi. The van der Waals surface area contributed by atoms with Crippen molar-refractivity contribution in [3.63, 3.8) is 0 Å². The van der Waals surface area contributed by atoms with E-state index in [1.54, 1.807) is 25.1 Å². The maximum atomic E-state index is 14.8. The van der Waals surface area contributed by atoms with Crippen LogP contribution in [0.15, 0.2) is 56.9 Å². The Bertz CT molecular complexity index is 1880. The second-order valence-electron chi connectivity index (χ2n) is 15.7. The lowest BCUT2D eigenvalue weighted by atomic mass is 9.87. The summed E-state index contributed by atoms with van der Waals surface area (Å²) in [4.78, 5) is 21.0. The number of nitrogens with zero attached hydrogens (tertiary/aromatic N) is 4. The smallest absolute Gasteiger partial charge is 0.268 e. The fourth-order valence-electron chi connectivity index (χ4n) is 7.05. The molecule has 13 heteroatoms. The molecule has 284 valence electrons. The lowest BCUT2D eigenvalue weighted by Gasteiger charge is -2.30. The summed E-state index contributed by atoms with van der Waals surface area (Å²) in [6.07, 6.45) is 6.36. The van der Waals surface area contributed by atoms with E-state index in [2.05, 4.69) is 31.7 Å². The molecule has 1 aliphatic carbocycles. The van der Waals surface area contributed by atoms with Crippen molar-refractivity contribution in [1.29, 1.82) is 0 Å². The zero-order chi connectivity index (χ0) is 37.9. The van der Waals surface area contributed by atoms with Gasteiger partial charge in [-0.05, 0) is 75.8 Å². The summed E-state index contributed by atoms with van der Waals surface area (Å²) in [5.41, 5.74) is 1.48. The Morgan fingerprint density at radius 1 is 1.08 bits per heavy atom. The molecule has 0 atom stereocenters. The molecule has 0 unspecified atom stereocenters. The number of aliphatic imine (C=N–C) groups is 1. The van der Waals surface area contributed by atoms with Crippen LogP contribution in [0, 0.1) is 6.92 Å². The number of anilines is 1. The molecule has 52 heavy (non-hydrogen) atoms. The number of rotatable bonds is 17. The minimum Gasteiger partial charge on any atom is -0.371 e. The average molecular weight is 771 g/mol. The SMILES string of the molecule is CCCCC1=NC2(CCCC2)C(=O)N1Cc1ccc(-c2ccccc2S(=O)(=O)N(COCC[Si](C)(C)C)c2noc(C)c2Cl)c(C(C)(C)OCC)c1. The molecule has 0 bridgehead atoms.